The molecule has 1 unspecified atom stereocenters. The summed E-state index contributed by atoms with van der Waals surface area (Å²) >= 11 is 0. The molecule has 2 aromatic carbocycles. The highest BCUT2D eigenvalue weighted by molar-refractivity contribution is 5.99. The predicted molar refractivity (Wildman–Crippen MR) is 85.5 cm³/mol. The standard InChI is InChI=1S/C18H18N2O2/c1-12(14-5-3-2-4-6-14)19-17(21)10-13-7-8-16-15(9-13)11-18(22)20-16/h2-9,12H,10-11H2,1H3,(H,19,21)(H,20,22). The van der Waals surface area contributed by atoms with E-state index in [9.17, 15) is 9.59 Å². The predicted octanol–water partition coefficient (Wildman–Crippen LogP) is 2.60. The topological polar surface area (TPSA) is 58.2 Å². The van der Waals surface area contributed by atoms with Crippen molar-refractivity contribution < 1.29 is 9.59 Å². The molecule has 2 N–H and O–H groups in total. The number of benzene rings is 2. The smallest absolute Gasteiger partial charge is 0.228 e. The van der Waals surface area contributed by atoms with E-state index in [0.29, 0.717) is 12.8 Å². The number of anilines is 1. The Balaban J connectivity index is 1.63. The summed E-state index contributed by atoms with van der Waals surface area (Å²) < 4.78 is 0. The zero-order chi connectivity index (χ0) is 15.5. The van der Waals surface area contributed by atoms with Crippen LogP contribution in [0.4, 0.5) is 5.69 Å². The van der Waals surface area contributed by atoms with Gasteiger partial charge in [-0.25, -0.2) is 0 Å². The molecule has 0 bridgehead atoms. The maximum Gasteiger partial charge on any atom is 0.228 e. The largest absolute Gasteiger partial charge is 0.349 e. The fraction of sp³-hybridized carbons (Fsp3) is 0.222. The van der Waals surface area contributed by atoms with Crippen LogP contribution in [0.3, 0.4) is 0 Å². The minimum absolute atomic E-state index is 0.00861. The highest BCUT2D eigenvalue weighted by atomic mass is 16.2. The second kappa shape index (κ2) is 6.02. The van der Waals surface area contributed by atoms with Crippen molar-refractivity contribution in [1.82, 2.24) is 5.32 Å². The molecular formula is C18H18N2O2. The third-order valence-corrected chi connectivity index (χ3v) is 3.84. The number of hydrogen-bond donors (Lipinski definition) is 2. The second-order valence-electron chi connectivity index (χ2n) is 5.59. The van der Waals surface area contributed by atoms with Gasteiger partial charge in [-0.1, -0.05) is 42.5 Å². The summed E-state index contributed by atoms with van der Waals surface area (Å²) in [6.07, 6.45) is 0.712. The van der Waals surface area contributed by atoms with Crippen LogP contribution in [-0.4, -0.2) is 11.8 Å². The number of fused-ring (bicyclic) bond motifs is 1. The molecule has 1 atom stereocenters. The van der Waals surface area contributed by atoms with Gasteiger partial charge in [0.2, 0.25) is 11.8 Å². The summed E-state index contributed by atoms with van der Waals surface area (Å²) in [4.78, 5) is 23.5. The normalized spacial score (nSPS) is 14.1. The van der Waals surface area contributed by atoms with Crippen LogP contribution in [0.1, 0.15) is 29.7 Å². The number of carbonyl (C=O) groups excluding carboxylic acids is 2. The van der Waals surface area contributed by atoms with Crippen LogP contribution < -0.4 is 10.6 Å². The van der Waals surface area contributed by atoms with Crippen molar-refractivity contribution in [2.24, 2.45) is 0 Å². The van der Waals surface area contributed by atoms with Gasteiger partial charge in [0.25, 0.3) is 0 Å². The van der Waals surface area contributed by atoms with Gasteiger partial charge in [0.1, 0.15) is 0 Å². The fourth-order valence-corrected chi connectivity index (χ4v) is 2.70. The molecule has 2 amide bonds. The zero-order valence-electron chi connectivity index (χ0n) is 12.4. The van der Waals surface area contributed by atoms with Crippen molar-refractivity contribution in [2.75, 3.05) is 5.32 Å². The molecule has 22 heavy (non-hydrogen) atoms. The molecule has 0 radical (unpaired) electrons. The zero-order valence-corrected chi connectivity index (χ0v) is 12.4. The van der Waals surface area contributed by atoms with E-state index in [1.807, 2.05) is 55.5 Å². The van der Waals surface area contributed by atoms with Gasteiger partial charge in [-0.15, -0.1) is 0 Å². The van der Waals surface area contributed by atoms with Crippen LogP contribution in [0.5, 0.6) is 0 Å². The molecule has 1 aliphatic rings. The van der Waals surface area contributed by atoms with Gasteiger partial charge < -0.3 is 10.6 Å². The Morgan fingerprint density at radius 1 is 1.23 bits per heavy atom. The number of nitrogens with one attached hydrogen (secondary N) is 2. The molecule has 0 aromatic heterocycles. The Hall–Kier alpha value is -2.62. The van der Waals surface area contributed by atoms with Crippen LogP contribution in [0.2, 0.25) is 0 Å². The Kier molecular flexibility index (Phi) is 3.92. The van der Waals surface area contributed by atoms with Crippen molar-refractivity contribution in [3.63, 3.8) is 0 Å². The first-order valence-corrected chi connectivity index (χ1v) is 7.38. The fourth-order valence-electron chi connectivity index (χ4n) is 2.70. The van der Waals surface area contributed by atoms with Gasteiger partial charge in [0.05, 0.1) is 18.9 Å². The third kappa shape index (κ3) is 3.17. The van der Waals surface area contributed by atoms with Crippen LogP contribution in [0, 0.1) is 0 Å². The van der Waals surface area contributed by atoms with Crippen LogP contribution in [-0.2, 0) is 22.4 Å². The molecule has 0 spiro atoms. The minimum atomic E-state index is -0.0219. The van der Waals surface area contributed by atoms with Crippen molar-refractivity contribution >= 4 is 17.5 Å². The van der Waals surface area contributed by atoms with E-state index >= 15 is 0 Å². The Labute approximate surface area is 129 Å². The summed E-state index contributed by atoms with van der Waals surface area (Å²) in [6.45, 7) is 1.97. The van der Waals surface area contributed by atoms with Crippen LogP contribution in [0.25, 0.3) is 0 Å². The molecule has 0 fully saturated rings. The first kappa shape index (κ1) is 14.3. The van der Waals surface area contributed by atoms with Gasteiger partial charge in [0.15, 0.2) is 0 Å². The lowest BCUT2D eigenvalue weighted by Crippen LogP contribution is -2.28. The van der Waals surface area contributed by atoms with Gasteiger partial charge >= 0.3 is 0 Å². The Morgan fingerprint density at radius 2 is 2.00 bits per heavy atom. The Morgan fingerprint density at radius 3 is 2.77 bits per heavy atom. The number of hydrogen-bond acceptors (Lipinski definition) is 2. The summed E-state index contributed by atoms with van der Waals surface area (Å²) in [5.74, 6) is -0.0112. The molecule has 0 saturated heterocycles. The second-order valence-corrected chi connectivity index (χ2v) is 5.59. The van der Waals surface area contributed by atoms with E-state index in [1.165, 1.54) is 0 Å². The van der Waals surface area contributed by atoms with Gasteiger partial charge in [-0.05, 0) is 29.7 Å². The van der Waals surface area contributed by atoms with E-state index in [4.69, 9.17) is 0 Å². The van der Waals surface area contributed by atoms with Gasteiger partial charge in [-0.3, -0.25) is 9.59 Å². The number of rotatable bonds is 4. The van der Waals surface area contributed by atoms with Crippen LogP contribution in [0.15, 0.2) is 48.5 Å². The van der Waals surface area contributed by atoms with E-state index in [-0.39, 0.29) is 17.9 Å². The molecule has 0 aliphatic carbocycles. The molecule has 4 nitrogen and oxygen atoms in total. The third-order valence-electron chi connectivity index (χ3n) is 3.84. The molecule has 1 heterocycles. The molecule has 0 saturated carbocycles. The Bertz CT molecular complexity index is 710. The van der Waals surface area contributed by atoms with Gasteiger partial charge in [-0.2, -0.15) is 0 Å². The summed E-state index contributed by atoms with van der Waals surface area (Å²) in [5, 5.41) is 5.79. The summed E-state index contributed by atoms with van der Waals surface area (Å²) in [7, 11) is 0. The minimum Gasteiger partial charge on any atom is -0.349 e. The molecule has 4 heteroatoms. The quantitative estimate of drug-likeness (QED) is 0.910. The van der Waals surface area contributed by atoms with Crippen molar-refractivity contribution in [3.8, 4) is 0 Å². The summed E-state index contributed by atoms with van der Waals surface area (Å²) in [5.41, 5.74) is 3.82. The molecule has 2 aromatic rings. The maximum absolute atomic E-state index is 12.2. The van der Waals surface area contributed by atoms with E-state index < -0.39 is 0 Å². The first-order valence-electron chi connectivity index (χ1n) is 7.38. The number of amides is 2. The van der Waals surface area contributed by atoms with Crippen molar-refractivity contribution in [1.29, 1.82) is 0 Å². The lowest BCUT2D eigenvalue weighted by Gasteiger charge is -2.14. The monoisotopic (exact) mass is 294 g/mol. The van der Waals surface area contributed by atoms with E-state index in [0.717, 1.165) is 22.4 Å². The molecule has 1 aliphatic heterocycles. The SMILES string of the molecule is CC(NC(=O)Cc1ccc2c(c1)CC(=O)N2)c1ccccc1. The van der Waals surface area contributed by atoms with Gasteiger partial charge in [0, 0.05) is 5.69 Å². The summed E-state index contributed by atoms with van der Waals surface area (Å²) in [6, 6.07) is 15.5. The highest BCUT2D eigenvalue weighted by Gasteiger charge is 2.18. The van der Waals surface area contributed by atoms with E-state index in [1.54, 1.807) is 0 Å². The van der Waals surface area contributed by atoms with Crippen LogP contribution >= 0.6 is 0 Å². The molecule has 112 valence electrons. The van der Waals surface area contributed by atoms with Crippen molar-refractivity contribution in [3.05, 3.63) is 65.2 Å². The lowest BCUT2D eigenvalue weighted by atomic mass is 10.0. The highest BCUT2D eigenvalue weighted by Crippen LogP contribution is 2.24. The maximum atomic E-state index is 12.2. The average Bonchev–Trinajstić information content (AvgIpc) is 2.87. The number of carbonyl (C=O) groups is 2. The molecule has 3 rings (SSSR count). The van der Waals surface area contributed by atoms with Crippen molar-refractivity contribution in [2.45, 2.75) is 25.8 Å². The lowest BCUT2D eigenvalue weighted by molar-refractivity contribution is -0.121. The van der Waals surface area contributed by atoms with E-state index in [2.05, 4.69) is 10.6 Å². The first-order chi connectivity index (χ1) is 10.6. The molecular weight excluding hydrogens is 276 g/mol. The average molecular weight is 294 g/mol.